The Morgan fingerprint density at radius 2 is 2.14 bits per heavy atom. The molecular formula is C17H19FN2O2. The van der Waals surface area contributed by atoms with Gasteiger partial charge in [-0.25, -0.2) is 4.39 Å². The number of halogens is 1. The number of hydrogen-bond acceptors (Lipinski definition) is 4. The predicted octanol–water partition coefficient (Wildman–Crippen LogP) is 3.34. The summed E-state index contributed by atoms with van der Waals surface area (Å²) in [7, 11) is 1.54. The smallest absolute Gasteiger partial charge is 0.129 e. The fraction of sp³-hybridized carbons (Fsp3) is 0.353. The van der Waals surface area contributed by atoms with Gasteiger partial charge in [0.2, 0.25) is 0 Å². The average molecular weight is 302 g/mol. The van der Waals surface area contributed by atoms with Gasteiger partial charge in [0, 0.05) is 35.3 Å². The molecule has 4 nitrogen and oxygen atoms in total. The number of nitrogens with zero attached hydrogens (tertiary/aromatic N) is 1. The van der Waals surface area contributed by atoms with Gasteiger partial charge in [0.1, 0.15) is 11.6 Å². The fourth-order valence-electron chi connectivity index (χ4n) is 2.52. The molecule has 0 amide bonds. The number of pyridine rings is 1. The van der Waals surface area contributed by atoms with Crippen molar-refractivity contribution in [1.82, 2.24) is 4.98 Å². The molecule has 0 unspecified atom stereocenters. The summed E-state index contributed by atoms with van der Waals surface area (Å²) in [5.74, 6) is 0.190. The summed E-state index contributed by atoms with van der Waals surface area (Å²) in [6.07, 6.45) is 3.50. The molecule has 0 bridgehead atoms. The minimum absolute atomic E-state index is 0.153. The van der Waals surface area contributed by atoms with Crippen LogP contribution in [0.25, 0.3) is 11.1 Å². The van der Waals surface area contributed by atoms with Crippen molar-refractivity contribution in [2.45, 2.75) is 6.92 Å². The zero-order chi connectivity index (χ0) is 15.6. The second-order valence-electron chi connectivity index (χ2n) is 5.92. The van der Waals surface area contributed by atoms with Crippen LogP contribution in [0, 0.1) is 11.2 Å². The lowest BCUT2D eigenvalue weighted by Gasteiger charge is -2.38. The SMILES string of the molecule is COc1cc(F)ccc1-c1ccncc1NCC1(C)COC1. The van der Waals surface area contributed by atoms with E-state index >= 15 is 0 Å². The minimum atomic E-state index is -0.316. The lowest BCUT2D eigenvalue weighted by Crippen LogP contribution is -2.45. The van der Waals surface area contributed by atoms with Gasteiger partial charge in [-0.15, -0.1) is 0 Å². The van der Waals surface area contributed by atoms with Gasteiger partial charge in [-0.3, -0.25) is 4.98 Å². The Hall–Kier alpha value is -2.14. The molecular weight excluding hydrogens is 283 g/mol. The van der Waals surface area contributed by atoms with E-state index in [1.165, 1.54) is 12.1 Å². The molecule has 0 aliphatic carbocycles. The van der Waals surface area contributed by atoms with Crippen LogP contribution in [0.5, 0.6) is 5.75 Å². The van der Waals surface area contributed by atoms with E-state index in [1.807, 2.05) is 6.07 Å². The van der Waals surface area contributed by atoms with Crippen LogP contribution in [-0.4, -0.2) is 31.9 Å². The third-order valence-corrected chi connectivity index (χ3v) is 3.88. The number of nitrogens with one attached hydrogen (secondary N) is 1. The van der Waals surface area contributed by atoms with Gasteiger partial charge < -0.3 is 14.8 Å². The van der Waals surface area contributed by atoms with Crippen molar-refractivity contribution in [3.63, 3.8) is 0 Å². The second-order valence-corrected chi connectivity index (χ2v) is 5.92. The highest BCUT2D eigenvalue weighted by molar-refractivity contribution is 5.81. The Morgan fingerprint density at radius 1 is 1.32 bits per heavy atom. The van der Waals surface area contributed by atoms with Crippen LogP contribution in [0.3, 0.4) is 0 Å². The van der Waals surface area contributed by atoms with E-state index in [1.54, 1.807) is 25.6 Å². The molecule has 1 N–H and O–H groups in total. The third kappa shape index (κ3) is 2.90. The molecule has 0 spiro atoms. The van der Waals surface area contributed by atoms with Crippen LogP contribution in [0.15, 0.2) is 36.7 Å². The number of aromatic nitrogens is 1. The van der Waals surface area contributed by atoms with Crippen LogP contribution in [0.2, 0.25) is 0 Å². The number of hydrogen-bond donors (Lipinski definition) is 1. The second kappa shape index (κ2) is 5.93. The zero-order valence-electron chi connectivity index (χ0n) is 12.7. The van der Waals surface area contributed by atoms with Crippen molar-refractivity contribution in [1.29, 1.82) is 0 Å². The van der Waals surface area contributed by atoms with Crippen molar-refractivity contribution < 1.29 is 13.9 Å². The Morgan fingerprint density at radius 3 is 2.82 bits per heavy atom. The number of methoxy groups -OCH3 is 1. The van der Waals surface area contributed by atoms with Crippen LogP contribution in [-0.2, 0) is 4.74 Å². The van der Waals surface area contributed by atoms with E-state index in [4.69, 9.17) is 9.47 Å². The Labute approximate surface area is 129 Å². The normalized spacial score (nSPS) is 16.0. The van der Waals surface area contributed by atoms with E-state index in [0.29, 0.717) is 5.75 Å². The van der Waals surface area contributed by atoms with Crippen molar-refractivity contribution in [2.24, 2.45) is 5.41 Å². The molecule has 1 aromatic carbocycles. The molecule has 2 heterocycles. The highest BCUT2D eigenvalue weighted by atomic mass is 19.1. The van der Waals surface area contributed by atoms with E-state index < -0.39 is 0 Å². The van der Waals surface area contributed by atoms with Crippen LogP contribution in [0.4, 0.5) is 10.1 Å². The number of ether oxygens (including phenoxy) is 2. The Kier molecular flexibility index (Phi) is 3.98. The van der Waals surface area contributed by atoms with Gasteiger partial charge in [-0.2, -0.15) is 0 Å². The molecule has 116 valence electrons. The predicted molar refractivity (Wildman–Crippen MR) is 83.6 cm³/mol. The van der Waals surface area contributed by atoms with Crippen molar-refractivity contribution in [3.05, 3.63) is 42.5 Å². The highest BCUT2D eigenvalue weighted by Gasteiger charge is 2.33. The van der Waals surface area contributed by atoms with E-state index in [-0.39, 0.29) is 11.2 Å². The summed E-state index contributed by atoms with van der Waals surface area (Å²) in [5.41, 5.74) is 2.83. The van der Waals surface area contributed by atoms with Crippen molar-refractivity contribution >= 4 is 5.69 Å². The molecule has 0 saturated carbocycles. The first kappa shape index (κ1) is 14.8. The molecule has 5 heteroatoms. The first-order valence-corrected chi connectivity index (χ1v) is 7.21. The summed E-state index contributed by atoms with van der Waals surface area (Å²) in [6.45, 7) is 4.50. The topological polar surface area (TPSA) is 43.4 Å². The standard InChI is InChI=1S/C17H19FN2O2/c1-17(10-22-11-17)9-20-15-8-19-6-5-13(15)14-4-3-12(18)7-16(14)21-2/h3-8,20H,9-11H2,1-2H3. The highest BCUT2D eigenvalue weighted by Crippen LogP contribution is 2.36. The van der Waals surface area contributed by atoms with E-state index in [9.17, 15) is 4.39 Å². The van der Waals surface area contributed by atoms with E-state index in [0.717, 1.165) is 36.6 Å². The average Bonchev–Trinajstić information content (AvgIpc) is 2.51. The maximum atomic E-state index is 13.4. The molecule has 0 atom stereocenters. The van der Waals surface area contributed by atoms with Gasteiger partial charge in [-0.1, -0.05) is 6.92 Å². The molecule has 3 rings (SSSR count). The van der Waals surface area contributed by atoms with Gasteiger partial charge >= 0.3 is 0 Å². The van der Waals surface area contributed by atoms with Crippen LogP contribution in [0.1, 0.15) is 6.92 Å². The molecule has 22 heavy (non-hydrogen) atoms. The monoisotopic (exact) mass is 302 g/mol. The molecule has 1 aromatic heterocycles. The van der Waals surface area contributed by atoms with E-state index in [2.05, 4.69) is 17.2 Å². The first-order chi connectivity index (χ1) is 10.6. The van der Waals surface area contributed by atoms with Crippen molar-refractivity contribution in [3.8, 4) is 16.9 Å². The maximum absolute atomic E-state index is 13.4. The summed E-state index contributed by atoms with van der Waals surface area (Å²) in [4.78, 5) is 4.18. The fourth-order valence-corrected chi connectivity index (χ4v) is 2.52. The lowest BCUT2D eigenvalue weighted by molar-refractivity contribution is -0.0924. The summed E-state index contributed by atoms with van der Waals surface area (Å²) in [6, 6.07) is 6.45. The molecule has 1 fully saturated rings. The maximum Gasteiger partial charge on any atom is 0.129 e. The van der Waals surface area contributed by atoms with Crippen LogP contribution < -0.4 is 10.1 Å². The third-order valence-electron chi connectivity index (χ3n) is 3.88. The summed E-state index contributed by atoms with van der Waals surface area (Å²) >= 11 is 0. The number of anilines is 1. The van der Waals surface area contributed by atoms with Gasteiger partial charge in [0.25, 0.3) is 0 Å². The zero-order valence-corrected chi connectivity index (χ0v) is 12.7. The van der Waals surface area contributed by atoms with Gasteiger partial charge in [-0.05, 0) is 18.2 Å². The summed E-state index contributed by atoms with van der Waals surface area (Å²) < 4.78 is 24.0. The largest absolute Gasteiger partial charge is 0.496 e. The molecule has 1 aliphatic heterocycles. The molecule has 2 aromatic rings. The lowest BCUT2D eigenvalue weighted by atomic mass is 9.88. The minimum Gasteiger partial charge on any atom is -0.496 e. The Bertz CT molecular complexity index is 671. The molecule has 1 aliphatic rings. The van der Waals surface area contributed by atoms with Crippen molar-refractivity contribution in [2.75, 3.05) is 32.2 Å². The summed E-state index contributed by atoms with van der Waals surface area (Å²) in [5, 5.41) is 3.43. The number of rotatable bonds is 5. The van der Waals surface area contributed by atoms with Gasteiger partial charge in [0.15, 0.2) is 0 Å². The Balaban J connectivity index is 1.90. The molecule has 0 radical (unpaired) electrons. The first-order valence-electron chi connectivity index (χ1n) is 7.21. The van der Waals surface area contributed by atoms with Crippen LogP contribution >= 0.6 is 0 Å². The quantitative estimate of drug-likeness (QED) is 0.920. The number of benzene rings is 1. The van der Waals surface area contributed by atoms with Gasteiger partial charge in [0.05, 0.1) is 32.2 Å². The molecule has 1 saturated heterocycles.